The van der Waals surface area contributed by atoms with Crippen LogP contribution >= 0.6 is 0 Å². The number of benzene rings is 1. The third kappa shape index (κ3) is 3.48. The number of piperidine rings is 1. The maximum absolute atomic E-state index is 13.0. The molecule has 3 fully saturated rings. The fourth-order valence-electron chi connectivity index (χ4n) is 4.13. The van der Waals surface area contributed by atoms with Crippen LogP contribution in [-0.4, -0.2) is 54.3 Å². The summed E-state index contributed by atoms with van der Waals surface area (Å²) in [6, 6.07) is 6.64. The highest BCUT2D eigenvalue weighted by Crippen LogP contribution is 2.32. The van der Waals surface area contributed by atoms with Crippen molar-refractivity contribution in [3.8, 4) is 0 Å². The molecule has 3 nitrogen and oxygen atoms in total. The summed E-state index contributed by atoms with van der Waals surface area (Å²) in [5, 5.41) is 0. The summed E-state index contributed by atoms with van der Waals surface area (Å²) in [6.07, 6.45) is 4.91. The van der Waals surface area contributed by atoms with Crippen molar-refractivity contribution in [2.45, 2.75) is 31.7 Å². The Hall–Kier alpha value is -1.26. The Bertz CT molecular complexity index is 569. The molecule has 1 aromatic carbocycles. The van der Waals surface area contributed by atoms with Gasteiger partial charge in [0.15, 0.2) is 5.78 Å². The minimum atomic E-state index is -0.281. The summed E-state index contributed by atoms with van der Waals surface area (Å²) in [5.41, 5.74) is 0.655. The lowest BCUT2D eigenvalue weighted by molar-refractivity contribution is 0.0261. The molecule has 2 heterocycles. The van der Waals surface area contributed by atoms with E-state index >= 15 is 0 Å². The van der Waals surface area contributed by atoms with Crippen LogP contribution in [0.25, 0.3) is 0 Å². The van der Waals surface area contributed by atoms with Crippen molar-refractivity contribution >= 4 is 5.78 Å². The summed E-state index contributed by atoms with van der Waals surface area (Å²) in [4.78, 5) is 17.8. The van der Waals surface area contributed by atoms with Crippen molar-refractivity contribution in [3.05, 3.63) is 35.6 Å². The number of carbonyl (C=O) groups is 1. The van der Waals surface area contributed by atoms with Gasteiger partial charge in [0.1, 0.15) is 5.82 Å². The quantitative estimate of drug-likeness (QED) is 0.798. The van der Waals surface area contributed by atoms with E-state index < -0.39 is 0 Å². The van der Waals surface area contributed by atoms with Gasteiger partial charge in [0.05, 0.1) is 0 Å². The number of halogens is 1. The third-order valence-electron chi connectivity index (χ3n) is 5.70. The third-order valence-corrected chi connectivity index (χ3v) is 5.70. The van der Waals surface area contributed by atoms with Crippen LogP contribution in [0.5, 0.6) is 0 Å². The standard InChI is InChI=1S/C19H25FN2O/c20-17-6-3-15(4-7-17)19(23)16-5-8-18-13-21(11-14-1-2-14)9-10-22(18)12-16/h3-4,6-7,14,16,18H,1-2,5,8-13H2. The lowest BCUT2D eigenvalue weighted by Gasteiger charge is -2.46. The van der Waals surface area contributed by atoms with E-state index in [1.54, 1.807) is 12.1 Å². The zero-order chi connectivity index (χ0) is 15.8. The number of fused-ring (bicyclic) bond motifs is 1. The normalized spacial score (nSPS) is 29.3. The minimum absolute atomic E-state index is 0.0756. The Kier molecular flexibility index (Phi) is 4.20. The van der Waals surface area contributed by atoms with Crippen LogP contribution in [0, 0.1) is 17.7 Å². The Morgan fingerprint density at radius 1 is 1.04 bits per heavy atom. The summed E-state index contributed by atoms with van der Waals surface area (Å²) < 4.78 is 13.0. The van der Waals surface area contributed by atoms with Gasteiger partial charge in [-0.1, -0.05) is 0 Å². The summed E-state index contributed by atoms with van der Waals surface area (Å²) in [6.45, 7) is 5.56. The monoisotopic (exact) mass is 316 g/mol. The van der Waals surface area contributed by atoms with Crippen molar-refractivity contribution in [1.29, 1.82) is 0 Å². The molecule has 4 rings (SSSR count). The number of nitrogens with zero attached hydrogens (tertiary/aromatic N) is 2. The van der Waals surface area contributed by atoms with Crippen LogP contribution in [0.3, 0.4) is 0 Å². The molecular weight excluding hydrogens is 291 g/mol. The molecule has 2 atom stereocenters. The second kappa shape index (κ2) is 6.33. The first-order valence-electron chi connectivity index (χ1n) is 8.95. The van der Waals surface area contributed by atoms with E-state index in [0.29, 0.717) is 11.6 Å². The van der Waals surface area contributed by atoms with Crippen molar-refractivity contribution in [3.63, 3.8) is 0 Å². The number of ketones is 1. The highest BCUT2D eigenvalue weighted by Gasteiger charge is 2.36. The second-order valence-corrected chi connectivity index (χ2v) is 7.50. The second-order valence-electron chi connectivity index (χ2n) is 7.50. The molecule has 3 aliphatic rings. The van der Waals surface area contributed by atoms with Gasteiger partial charge in [-0.2, -0.15) is 0 Å². The molecule has 1 saturated carbocycles. The topological polar surface area (TPSA) is 23.6 Å². The van der Waals surface area contributed by atoms with Crippen molar-refractivity contribution < 1.29 is 9.18 Å². The molecule has 4 heteroatoms. The molecular formula is C19H25FN2O. The molecule has 23 heavy (non-hydrogen) atoms. The van der Waals surface area contributed by atoms with E-state index in [9.17, 15) is 9.18 Å². The van der Waals surface area contributed by atoms with Gasteiger partial charge in [-0.3, -0.25) is 9.69 Å². The Morgan fingerprint density at radius 2 is 1.83 bits per heavy atom. The Balaban J connectivity index is 1.35. The highest BCUT2D eigenvalue weighted by atomic mass is 19.1. The fourth-order valence-corrected chi connectivity index (χ4v) is 4.13. The predicted molar refractivity (Wildman–Crippen MR) is 88.0 cm³/mol. The van der Waals surface area contributed by atoms with Crippen LogP contribution in [0.2, 0.25) is 0 Å². The first-order chi connectivity index (χ1) is 11.2. The Morgan fingerprint density at radius 3 is 2.57 bits per heavy atom. The minimum Gasteiger partial charge on any atom is -0.300 e. The molecule has 2 unspecified atom stereocenters. The van der Waals surface area contributed by atoms with Gasteiger partial charge >= 0.3 is 0 Å². The molecule has 0 amide bonds. The van der Waals surface area contributed by atoms with Gasteiger partial charge in [-0.05, 0) is 55.9 Å². The molecule has 124 valence electrons. The van der Waals surface area contributed by atoms with Crippen LogP contribution in [-0.2, 0) is 0 Å². The lowest BCUT2D eigenvalue weighted by Crippen LogP contribution is -2.57. The average molecular weight is 316 g/mol. The summed E-state index contributed by atoms with van der Waals surface area (Å²) in [5.74, 6) is 0.936. The number of rotatable bonds is 4. The number of carbonyl (C=O) groups excluding carboxylic acids is 1. The fraction of sp³-hybridized carbons (Fsp3) is 0.632. The molecule has 0 N–H and O–H groups in total. The van der Waals surface area contributed by atoms with E-state index in [0.717, 1.165) is 38.4 Å². The van der Waals surface area contributed by atoms with Crippen LogP contribution in [0.4, 0.5) is 4.39 Å². The van der Waals surface area contributed by atoms with Gasteiger partial charge in [-0.15, -0.1) is 0 Å². The first kappa shape index (κ1) is 15.3. The molecule has 0 aromatic heterocycles. The zero-order valence-corrected chi connectivity index (χ0v) is 13.6. The van der Waals surface area contributed by atoms with E-state index in [-0.39, 0.29) is 17.5 Å². The van der Waals surface area contributed by atoms with Crippen LogP contribution < -0.4 is 0 Å². The number of hydrogen-bond acceptors (Lipinski definition) is 3. The SMILES string of the molecule is O=C(c1ccc(F)cc1)C1CCC2CN(CC3CC3)CCN2C1. The molecule has 0 radical (unpaired) electrons. The summed E-state index contributed by atoms with van der Waals surface area (Å²) in [7, 11) is 0. The van der Waals surface area contributed by atoms with Crippen molar-refractivity contribution in [2.75, 3.05) is 32.7 Å². The summed E-state index contributed by atoms with van der Waals surface area (Å²) >= 11 is 0. The maximum atomic E-state index is 13.0. The molecule has 2 aliphatic heterocycles. The van der Waals surface area contributed by atoms with Gasteiger partial charge in [0, 0.05) is 50.2 Å². The number of piperazine rings is 1. The lowest BCUT2D eigenvalue weighted by atomic mass is 9.86. The van der Waals surface area contributed by atoms with Crippen LogP contribution in [0.1, 0.15) is 36.0 Å². The first-order valence-corrected chi connectivity index (χ1v) is 8.95. The van der Waals surface area contributed by atoms with Crippen molar-refractivity contribution in [2.24, 2.45) is 11.8 Å². The van der Waals surface area contributed by atoms with E-state index in [4.69, 9.17) is 0 Å². The molecule has 1 aliphatic carbocycles. The van der Waals surface area contributed by atoms with Gasteiger partial charge in [-0.25, -0.2) is 4.39 Å². The van der Waals surface area contributed by atoms with Crippen molar-refractivity contribution in [1.82, 2.24) is 9.80 Å². The number of hydrogen-bond donors (Lipinski definition) is 0. The zero-order valence-electron chi connectivity index (χ0n) is 13.6. The predicted octanol–water partition coefficient (Wildman–Crippen LogP) is 2.81. The van der Waals surface area contributed by atoms with E-state index in [1.165, 1.54) is 38.1 Å². The van der Waals surface area contributed by atoms with Gasteiger partial charge in [0.2, 0.25) is 0 Å². The number of Topliss-reactive ketones (excluding diaryl/α,β-unsaturated/α-hetero) is 1. The maximum Gasteiger partial charge on any atom is 0.167 e. The molecule has 1 aromatic rings. The van der Waals surface area contributed by atoms with Gasteiger partial charge in [0.25, 0.3) is 0 Å². The molecule has 2 saturated heterocycles. The highest BCUT2D eigenvalue weighted by molar-refractivity contribution is 5.98. The average Bonchev–Trinajstić information content (AvgIpc) is 3.38. The smallest absolute Gasteiger partial charge is 0.167 e. The largest absolute Gasteiger partial charge is 0.300 e. The van der Waals surface area contributed by atoms with Gasteiger partial charge < -0.3 is 4.90 Å². The molecule has 0 bridgehead atoms. The Labute approximate surface area is 137 Å². The van der Waals surface area contributed by atoms with Crippen LogP contribution in [0.15, 0.2) is 24.3 Å². The van der Waals surface area contributed by atoms with E-state index in [1.807, 2.05) is 0 Å². The molecule has 0 spiro atoms. The van der Waals surface area contributed by atoms with E-state index in [2.05, 4.69) is 9.80 Å².